The lowest BCUT2D eigenvalue weighted by Gasteiger charge is -2.22. The van der Waals surface area contributed by atoms with E-state index in [-0.39, 0.29) is 5.91 Å². The highest BCUT2D eigenvalue weighted by Gasteiger charge is 2.30. The second kappa shape index (κ2) is 10.9. The first-order chi connectivity index (χ1) is 16.9. The van der Waals surface area contributed by atoms with Gasteiger partial charge in [0.15, 0.2) is 5.11 Å². The zero-order valence-corrected chi connectivity index (χ0v) is 21.5. The SMILES string of the molecule is CCN(CC)c1ccc(NC(=S)NC2N=C(c3ccccc3)c3cc(Cl)ccc3N(C)C2=O)cc1. The molecule has 6 nitrogen and oxygen atoms in total. The zero-order valence-electron chi connectivity index (χ0n) is 20.0. The number of carbonyl (C=O) groups is 1. The van der Waals surface area contributed by atoms with E-state index in [1.807, 2.05) is 54.6 Å². The molecule has 1 heterocycles. The van der Waals surface area contributed by atoms with Gasteiger partial charge in [-0.2, -0.15) is 0 Å². The highest BCUT2D eigenvalue weighted by molar-refractivity contribution is 7.80. The molecule has 4 rings (SSSR count). The third-order valence-electron chi connectivity index (χ3n) is 5.97. The van der Waals surface area contributed by atoms with E-state index in [2.05, 4.69) is 41.5 Å². The van der Waals surface area contributed by atoms with Crippen molar-refractivity contribution in [3.8, 4) is 0 Å². The number of anilines is 3. The predicted octanol–water partition coefficient (Wildman–Crippen LogP) is 5.31. The number of halogens is 1. The third-order valence-corrected chi connectivity index (χ3v) is 6.42. The number of rotatable bonds is 6. The Hall–Kier alpha value is -3.42. The first kappa shape index (κ1) is 24.7. The Kier molecular flexibility index (Phi) is 7.68. The normalized spacial score (nSPS) is 15.1. The summed E-state index contributed by atoms with van der Waals surface area (Å²) in [4.78, 5) is 22.1. The Bertz CT molecular complexity index is 1240. The van der Waals surface area contributed by atoms with E-state index in [0.29, 0.717) is 15.8 Å². The molecule has 3 aromatic carbocycles. The molecule has 2 N–H and O–H groups in total. The molecule has 35 heavy (non-hydrogen) atoms. The van der Waals surface area contributed by atoms with Crippen molar-refractivity contribution in [3.63, 3.8) is 0 Å². The van der Waals surface area contributed by atoms with Gasteiger partial charge < -0.3 is 20.4 Å². The number of hydrogen-bond donors (Lipinski definition) is 2. The van der Waals surface area contributed by atoms with Crippen LogP contribution in [-0.2, 0) is 4.79 Å². The molecule has 1 amide bonds. The van der Waals surface area contributed by atoms with Crippen LogP contribution < -0.4 is 20.4 Å². The summed E-state index contributed by atoms with van der Waals surface area (Å²) >= 11 is 11.9. The van der Waals surface area contributed by atoms with Gasteiger partial charge in [0.2, 0.25) is 6.17 Å². The maximum Gasteiger partial charge on any atom is 0.272 e. The molecular formula is C27H28ClN5OS. The number of fused-ring (bicyclic) bond motifs is 1. The van der Waals surface area contributed by atoms with Crippen LogP contribution in [0.5, 0.6) is 0 Å². The maximum absolute atomic E-state index is 13.4. The smallest absolute Gasteiger partial charge is 0.272 e. The summed E-state index contributed by atoms with van der Waals surface area (Å²) < 4.78 is 0. The van der Waals surface area contributed by atoms with E-state index in [4.69, 9.17) is 28.8 Å². The average Bonchev–Trinajstić information content (AvgIpc) is 2.96. The van der Waals surface area contributed by atoms with Gasteiger partial charge in [-0.15, -0.1) is 0 Å². The van der Waals surface area contributed by atoms with E-state index >= 15 is 0 Å². The van der Waals surface area contributed by atoms with Crippen LogP contribution in [0.1, 0.15) is 25.0 Å². The number of hydrogen-bond acceptors (Lipinski definition) is 4. The summed E-state index contributed by atoms with van der Waals surface area (Å²) in [5.74, 6) is -0.222. The Morgan fingerprint density at radius 2 is 1.74 bits per heavy atom. The molecule has 0 spiro atoms. The minimum absolute atomic E-state index is 0.222. The van der Waals surface area contributed by atoms with Crippen LogP contribution in [0, 0.1) is 0 Å². The molecule has 0 radical (unpaired) electrons. The number of thiocarbonyl (C=S) groups is 1. The van der Waals surface area contributed by atoms with Crippen LogP contribution in [0.2, 0.25) is 5.02 Å². The highest BCUT2D eigenvalue weighted by atomic mass is 35.5. The molecule has 0 bridgehead atoms. The van der Waals surface area contributed by atoms with Crippen molar-refractivity contribution in [2.75, 3.05) is 35.3 Å². The number of amides is 1. The quantitative estimate of drug-likeness (QED) is 0.444. The van der Waals surface area contributed by atoms with Gasteiger partial charge in [0.1, 0.15) is 0 Å². The number of benzene rings is 3. The number of carbonyl (C=O) groups excluding carboxylic acids is 1. The van der Waals surface area contributed by atoms with Gasteiger partial charge >= 0.3 is 0 Å². The molecule has 1 aliphatic rings. The first-order valence-corrected chi connectivity index (χ1v) is 12.3. The number of aliphatic imine (C=N–C) groups is 1. The van der Waals surface area contributed by atoms with Crippen molar-refractivity contribution in [2.45, 2.75) is 20.0 Å². The van der Waals surface area contributed by atoms with Crippen molar-refractivity contribution in [3.05, 3.63) is 88.9 Å². The summed E-state index contributed by atoms with van der Waals surface area (Å²) in [5, 5.41) is 7.15. The molecule has 3 aromatic rings. The van der Waals surface area contributed by atoms with Crippen molar-refractivity contribution in [1.29, 1.82) is 0 Å². The summed E-state index contributed by atoms with van der Waals surface area (Å²) in [6.45, 7) is 6.14. The minimum atomic E-state index is -0.906. The second-order valence-electron chi connectivity index (χ2n) is 8.12. The van der Waals surface area contributed by atoms with Crippen LogP contribution in [0.3, 0.4) is 0 Å². The minimum Gasteiger partial charge on any atom is -0.372 e. The van der Waals surface area contributed by atoms with Crippen molar-refractivity contribution >= 4 is 57.6 Å². The summed E-state index contributed by atoms with van der Waals surface area (Å²) in [5.41, 5.74) is 5.05. The summed E-state index contributed by atoms with van der Waals surface area (Å²) in [6.07, 6.45) is -0.906. The Labute approximate surface area is 216 Å². The lowest BCUT2D eigenvalue weighted by Crippen LogP contribution is -2.47. The number of benzodiazepines with no additional fused rings is 1. The molecule has 0 aliphatic carbocycles. The Morgan fingerprint density at radius 3 is 2.40 bits per heavy atom. The van der Waals surface area contributed by atoms with Crippen molar-refractivity contribution < 1.29 is 4.79 Å². The average molecular weight is 506 g/mol. The lowest BCUT2D eigenvalue weighted by molar-refractivity contribution is -0.119. The van der Waals surface area contributed by atoms with Crippen LogP contribution in [0.15, 0.2) is 77.8 Å². The fraction of sp³-hybridized carbons (Fsp3) is 0.222. The van der Waals surface area contributed by atoms with E-state index < -0.39 is 6.17 Å². The topological polar surface area (TPSA) is 60.0 Å². The largest absolute Gasteiger partial charge is 0.372 e. The van der Waals surface area contributed by atoms with E-state index in [9.17, 15) is 4.79 Å². The van der Waals surface area contributed by atoms with Crippen LogP contribution in [0.4, 0.5) is 17.1 Å². The molecule has 180 valence electrons. The fourth-order valence-corrected chi connectivity index (χ4v) is 4.50. The maximum atomic E-state index is 13.4. The monoisotopic (exact) mass is 505 g/mol. The number of likely N-dealkylation sites (N-methyl/N-ethyl adjacent to an activating group) is 1. The van der Waals surface area contributed by atoms with Gasteiger partial charge in [-0.3, -0.25) is 4.79 Å². The first-order valence-electron chi connectivity index (χ1n) is 11.5. The highest BCUT2D eigenvalue weighted by Crippen LogP contribution is 2.30. The van der Waals surface area contributed by atoms with E-state index in [0.717, 1.165) is 41.3 Å². The molecule has 1 unspecified atom stereocenters. The third kappa shape index (κ3) is 5.47. The molecule has 8 heteroatoms. The number of nitrogens with one attached hydrogen (secondary N) is 2. The fourth-order valence-electron chi connectivity index (χ4n) is 4.10. The molecule has 0 fully saturated rings. The molecule has 1 aliphatic heterocycles. The van der Waals surface area contributed by atoms with Gasteiger partial charge in [-0.25, -0.2) is 4.99 Å². The molecule has 0 aromatic heterocycles. The number of nitrogens with zero attached hydrogens (tertiary/aromatic N) is 3. The van der Waals surface area contributed by atoms with Crippen LogP contribution >= 0.6 is 23.8 Å². The lowest BCUT2D eigenvalue weighted by atomic mass is 10.0. The zero-order chi connectivity index (χ0) is 24.9. The van der Waals surface area contributed by atoms with E-state index in [1.54, 1.807) is 18.0 Å². The molecule has 1 atom stereocenters. The van der Waals surface area contributed by atoms with Gasteiger partial charge in [-0.1, -0.05) is 41.9 Å². The van der Waals surface area contributed by atoms with Crippen LogP contribution in [0.25, 0.3) is 0 Å². The van der Waals surface area contributed by atoms with Gasteiger partial charge in [0, 0.05) is 47.7 Å². The van der Waals surface area contributed by atoms with Crippen LogP contribution in [-0.4, -0.2) is 43.0 Å². The molecule has 0 saturated heterocycles. The van der Waals surface area contributed by atoms with Gasteiger partial charge in [0.05, 0.1) is 11.4 Å². The van der Waals surface area contributed by atoms with Gasteiger partial charge in [0.25, 0.3) is 5.91 Å². The molecule has 0 saturated carbocycles. The van der Waals surface area contributed by atoms with Crippen molar-refractivity contribution in [1.82, 2.24) is 5.32 Å². The standard InChI is InChI=1S/C27H28ClN5OS/c1-4-33(5-2)21-14-12-20(13-15-21)29-27(35)31-25-26(34)32(3)23-16-11-19(28)17-22(23)24(30-25)18-9-7-6-8-10-18/h6-17,25H,4-5H2,1-3H3,(H2,29,31,35). The second-order valence-corrected chi connectivity index (χ2v) is 8.97. The summed E-state index contributed by atoms with van der Waals surface area (Å²) in [7, 11) is 1.73. The van der Waals surface area contributed by atoms with Gasteiger partial charge in [-0.05, 0) is 68.5 Å². The predicted molar refractivity (Wildman–Crippen MR) is 150 cm³/mol. The van der Waals surface area contributed by atoms with Crippen molar-refractivity contribution in [2.24, 2.45) is 4.99 Å². The summed E-state index contributed by atoms with van der Waals surface area (Å²) in [6, 6.07) is 23.2. The molecular weight excluding hydrogens is 478 g/mol. The Balaban J connectivity index is 1.61. The Morgan fingerprint density at radius 1 is 1.06 bits per heavy atom. The van der Waals surface area contributed by atoms with E-state index in [1.165, 1.54) is 0 Å².